The van der Waals surface area contributed by atoms with Crippen LogP contribution in [-0.2, 0) is 4.79 Å². The summed E-state index contributed by atoms with van der Waals surface area (Å²) >= 11 is 3.45. The Kier molecular flexibility index (Phi) is 4.55. The molecule has 1 saturated heterocycles. The van der Waals surface area contributed by atoms with E-state index in [1.165, 1.54) is 19.1 Å². The molecule has 3 aromatic carbocycles. The van der Waals surface area contributed by atoms with Crippen LogP contribution in [0, 0.1) is 11.2 Å². The average Bonchev–Trinajstić information content (AvgIpc) is 3.26. The maximum Gasteiger partial charge on any atom is 0.180 e. The van der Waals surface area contributed by atoms with Gasteiger partial charge in [-0.3, -0.25) is 14.4 Å². The van der Waals surface area contributed by atoms with Gasteiger partial charge in [0.05, 0.1) is 12.1 Å². The van der Waals surface area contributed by atoms with Crippen LogP contribution in [0.1, 0.15) is 44.7 Å². The van der Waals surface area contributed by atoms with Gasteiger partial charge < -0.3 is 4.90 Å². The average molecular weight is 516 g/mol. The highest BCUT2D eigenvalue weighted by Crippen LogP contribution is 2.60. The Labute approximate surface area is 204 Å². The molecule has 168 valence electrons. The molecule has 0 unspecified atom stereocenters. The van der Waals surface area contributed by atoms with Gasteiger partial charge in [-0.15, -0.1) is 0 Å². The molecule has 1 aliphatic carbocycles. The Morgan fingerprint density at radius 3 is 2.24 bits per heavy atom. The summed E-state index contributed by atoms with van der Waals surface area (Å²) in [5.74, 6) is -1.79. The maximum atomic E-state index is 14.2. The van der Waals surface area contributed by atoms with Crippen molar-refractivity contribution in [2.75, 3.05) is 4.90 Å². The molecule has 1 spiro atoms. The van der Waals surface area contributed by atoms with Gasteiger partial charge in [0, 0.05) is 32.8 Å². The number of carbonyl (C=O) groups is 3. The van der Waals surface area contributed by atoms with E-state index in [4.69, 9.17) is 0 Å². The van der Waals surface area contributed by atoms with E-state index in [-0.39, 0.29) is 23.2 Å². The molecule has 0 aromatic heterocycles. The lowest BCUT2D eigenvalue weighted by molar-refractivity contribution is -0.118. The van der Waals surface area contributed by atoms with Gasteiger partial charge in [-0.25, -0.2) is 4.39 Å². The third-order valence-electron chi connectivity index (χ3n) is 7.41. The van der Waals surface area contributed by atoms with E-state index in [0.29, 0.717) is 22.4 Å². The normalized spacial score (nSPS) is 23.7. The molecular weight excluding hydrogens is 497 g/mol. The van der Waals surface area contributed by atoms with E-state index in [2.05, 4.69) is 15.9 Å². The molecule has 0 saturated carbocycles. The number of halogens is 2. The van der Waals surface area contributed by atoms with Crippen LogP contribution in [0.4, 0.5) is 10.1 Å². The largest absolute Gasteiger partial charge is 0.352 e. The molecule has 0 bridgehead atoms. The molecule has 3 atom stereocenters. The Morgan fingerprint density at radius 1 is 0.971 bits per heavy atom. The van der Waals surface area contributed by atoms with Gasteiger partial charge in [-0.05, 0) is 42.8 Å². The fourth-order valence-corrected chi connectivity index (χ4v) is 6.41. The van der Waals surface area contributed by atoms with Crippen molar-refractivity contribution in [1.82, 2.24) is 0 Å². The van der Waals surface area contributed by atoms with Gasteiger partial charge in [0.1, 0.15) is 11.2 Å². The number of hydrogen-bond donors (Lipinski definition) is 0. The lowest BCUT2D eigenvalue weighted by atomic mass is 9.64. The van der Waals surface area contributed by atoms with Crippen LogP contribution in [0.15, 0.2) is 77.3 Å². The number of fused-ring (bicyclic) bond motifs is 5. The number of anilines is 1. The Hall–Kier alpha value is -3.38. The molecule has 6 rings (SSSR count). The summed E-state index contributed by atoms with van der Waals surface area (Å²) in [5.41, 5.74) is 1.27. The quantitative estimate of drug-likeness (QED) is 0.416. The molecule has 3 aliphatic rings. The van der Waals surface area contributed by atoms with Crippen LogP contribution < -0.4 is 4.90 Å². The predicted octanol–water partition coefficient (Wildman–Crippen LogP) is 5.61. The molecular formula is C28H19BrFNO3. The number of Topliss-reactive ketones (excluding diaryl/α,β-unsaturated/α-hetero) is 3. The highest BCUT2D eigenvalue weighted by atomic mass is 79.9. The molecule has 4 nitrogen and oxygen atoms in total. The van der Waals surface area contributed by atoms with Crippen molar-refractivity contribution >= 4 is 45.0 Å². The minimum Gasteiger partial charge on any atom is -0.352 e. The SMILES string of the molecule is CC(=O)[C@H]1[C@H](c2ccc(Br)cc2)C2(C(=O)c3ccccc3C2=O)[C@@H]2C=Cc3cc(F)ccc3N21. The number of hydrogen-bond acceptors (Lipinski definition) is 4. The van der Waals surface area contributed by atoms with E-state index in [9.17, 15) is 18.8 Å². The number of rotatable bonds is 2. The van der Waals surface area contributed by atoms with E-state index in [0.717, 1.165) is 10.0 Å². The molecule has 3 aromatic rings. The summed E-state index contributed by atoms with van der Waals surface area (Å²) in [7, 11) is 0. The molecule has 2 heterocycles. The minimum atomic E-state index is -1.50. The first-order chi connectivity index (χ1) is 16.4. The van der Waals surface area contributed by atoms with Crippen molar-refractivity contribution in [3.05, 3.63) is 105 Å². The first-order valence-corrected chi connectivity index (χ1v) is 11.9. The third kappa shape index (κ3) is 2.60. The van der Waals surface area contributed by atoms with Gasteiger partial charge in [-0.1, -0.05) is 64.5 Å². The molecule has 6 heteroatoms. The predicted molar refractivity (Wildman–Crippen MR) is 131 cm³/mol. The minimum absolute atomic E-state index is 0.156. The van der Waals surface area contributed by atoms with Crippen molar-refractivity contribution in [2.45, 2.75) is 24.9 Å². The fourth-order valence-electron chi connectivity index (χ4n) is 6.14. The van der Waals surface area contributed by atoms with Gasteiger partial charge in [-0.2, -0.15) is 0 Å². The van der Waals surface area contributed by atoms with Gasteiger partial charge >= 0.3 is 0 Å². The lowest BCUT2D eigenvalue weighted by Gasteiger charge is -2.37. The summed E-state index contributed by atoms with van der Waals surface area (Å²) in [4.78, 5) is 43.6. The Balaban J connectivity index is 1.68. The van der Waals surface area contributed by atoms with Crippen molar-refractivity contribution in [2.24, 2.45) is 5.41 Å². The molecule has 0 amide bonds. The van der Waals surface area contributed by atoms with Crippen molar-refractivity contribution in [1.29, 1.82) is 0 Å². The van der Waals surface area contributed by atoms with E-state index in [1.54, 1.807) is 42.5 Å². The molecule has 0 radical (unpaired) electrons. The lowest BCUT2D eigenvalue weighted by Crippen LogP contribution is -2.48. The maximum absolute atomic E-state index is 14.2. The van der Waals surface area contributed by atoms with Crippen LogP contribution in [0.25, 0.3) is 6.08 Å². The fraction of sp³-hybridized carbons (Fsp3) is 0.179. The molecule has 1 fully saturated rings. The second-order valence-electron chi connectivity index (χ2n) is 9.07. The van der Waals surface area contributed by atoms with Gasteiger partial charge in [0.15, 0.2) is 17.3 Å². The van der Waals surface area contributed by atoms with E-state index in [1.807, 2.05) is 29.2 Å². The smallest absolute Gasteiger partial charge is 0.180 e. The summed E-state index contributed by atoms with van der Waals surface area (Å²) in [6.45, 7) is 1.49. The van der Waals surface area contributed by atoms with Crippen LogP contribution in [0.2, 0.25) is 0 Å². The Morgan fingerprint density at radius 2 is 1.62 bits per heavy atom. The topological polar surface area (TPSA) is 54.5 Å². The number of nitrogens with zero attached hydrogens (tertiary/aromatic N) is 1. The molecule has 2 aliphatic heterocycles. The molecule has 34 heavy (non-hydrogen) atoms. The highest BCUT2D eigenvalue weighted by Gasteiger charge is 2.71. The van der Waals surface area contributed by atoms with Crippen molar-refractivity contribution < 1.29 is 18.8 Å². The standard InChI is InChI=1S/C28H19BrFNO3/c1-15(32)25-24(16-6-9-18(29)10-7-16)28(26(33)20-4-2-3-5-21(20)27(28)34)23-13-8-17-14-19(30)11-12-22(17)31(23)25/h2-14,23-25H,1H3/t23-,24-,25-/m0/s1. The highest BCUT2D eigenvalue weighted by molar-refractivity contribution is 9.10. The van der Waals surface area contributed by atoms with Crippen molar-refractivity contribution in [3.63, 3.8) is 0 Å². The van der Waals surface area contributed by atoms with E-state index >= 15 is 0 Å². The summed E-state index contributed by atoms with van der Waals surface area (Å²) in [5, 5.41) is 0. The number of carbonyl (C=O) groups excluding carboxylic acids is 3. The second-order valence-corrected chi connectivity index (χ2v) is 9.99. The Bertz CT molecular complexity index is 1390. The number of benzene rings is 3. The van der Waals surface area contributed by atoms with Gasteiger partial charge in [0.2, 0.25) is 0 Å². The monoisotopic (exact) mass is 515 g/mol. The zero-order valence-electron chi connectivity index (χ0n) is 18.2. The molecule has 0 N–H and O–H groups in total. The second kappa shape index (κ2) is 7.31. The van der Waals surface area contributed by atoms with Crippen LogP contribution >= 0.6 is 15.9 Å². The van der Waals surface area contributed by atoms with Gasteiger partial charge in [0.25, 0.3) is 0 Å². The number of ketones is 3. The summed E-state index contributed by atoms with van der Waals surface area (Å²) < 4.78 is 14.9. The summed E-state index contributed by atoms with van der Waals surface area (Å²) in [6, 6.07) is 17.2. The first-order valence-electron chi connectivity index (χ1n) is 11.1. The van der Waals surface area contributed by atoms with Crippen LogP contribution in [-0.4, -0.2) is 29.4 Å². The third-order valence-corrected chi connectivity index (χ3v) is 7.94. The van der Waals surface area contributed by atoms with Crippen LogP contribution in [0.5, 0.6) is 0 Å². The van der Waals surface area contributed by atoms with Crippen LogP contribution in [0.3, 0.4) is 0 Å². The van der Waals surface area contributed by atoms with Crippen molar-refractivity contribution in [3.8, 4) is 0 Å². The summed E-state index contributed by atoms with van der Waals surface area (Å²) in [6.07, 6.45) is 3.55. The van der Waals surface area contributed by atoms with E-state index < -0.39 is 23.4 Å². The zero-order valence-corrected chi connectivity index (χ0v) is 19.8. The zero-order chi connectivity index (χ0) is 23.8. The first kappa shape index (κ1) is 21.2.